The number of benzene rings is 1. The number of methoxy groups -OCH3 is 1. The van der Waals surface area contributed by atoms with Crippen LogP contribution in [-0.4, -0.2) is 29.0 Å². The van der Waals surface area contributed by atoms with Crippen molar-refractivity contribution >= 4 is 11.5 Å². The predicted molar refractivity (Wildman–Crippen MR) is 75.6 cm³/mol. The third kappa shape index (κ3) is 3.56. The van der Waals surface area contributed by atoms with Gasteiger partial charge in [0.1, 0.15) is 12.4 Å². The molecule has 0 amide bonds. The zero-order valence-corrected chi connectivity index (χ0v) is 11.6. The third-order valence-corrected chi connectivity index (χ3v) is 2.70. The van der Waals surface area contributed by atoms with Crippen molar-refractivity contribution in [1.82, 2.24) is 9.97 Å². The molecule has 0 spiro atoms. The molecule has 1 aromatic heterocycles. The maximum atomic E-state index is 10.8. The van der Waals surface area contributed by atoms with Gasteiger partial charge >= 0.3 is 0 Å². The Morgan fingerprint density at radius 2 is 2.10 bits per heavy atom. The second-order valence-corrected chi connectivity index (χ2v) is 4.02. The molecule has 0 radical (unpaired) electrons. The molecule has 1 aromatic carbocycles. The Bertz CT molecular complexity index is 631. The van der Waals surface area contributed by atoms with Gasteiger partial charge < -0.3 is 14.8 Å². The van der Waals surface area contributed by atoms with Gasteiger partial charge in [0.25, 0.3) is 5.69 Å². The van der Waals surface area contributed by atoms with Gasteiger partial charge in [-0.3, -0.25) is 15.1 Å². The maximum absolute atomic E-state index is 10.8. The van der Waals surface area contributed by atoms with Crippen LogP contribution in [0, 0.1) is 10.1 Å². The van der Waals surface area contributed by atoms with Gasteiger partial charge in [-0.15, -0.1) is 0 Å². The van der Waals surface area contributed by atoms with Crippen LogP contribution in [0.5, 0.6) is 11.5 Å². The summed E-state index contributed by atoms with van der Waals surface area (Å²) in [5.74, 6) is 1.35. The van der Waals surface area contributed by atoms with Gasteiger partial charge in [0, 0.05) is 13.1 Å². The molecule has 8 heteroatoms. The molecule has 0 fully saturated rings. The molecular weight excluding hydrogens is 276 g/mol. The summed E-state index contributed by atoms with van der Waals surface area (Å²) in [6.45, 7) is 0.133. The van der Waals surface area contributed by atoms with Gasteiger partial charge in [0.2, 0.25) is 0 Å². The first kappa shape index (κ1) is 14.5. The first-order chi connectivity index (χ1) is 10.1. The van der Waals surface area contributed by atoms with E-state index in [1.165, 1.54) is 25.3 Å². The molecule has 2 rings (SSSR count). The molecule has 0 bridgehead atoms. The molecule has 0 saturated carbocycles. The lowest BCUT2D eigenvalue weighted by Crippen LogP contribution is -2.02. The SMILES string of the molecule is CNc1cnc(COc2cc([N+](=O)[O-])ccc2OC)cn1. The van der Waals surface area contributed by atoms with Crippen LogP contribution in [0.1, 0.15) is 5.69 Å². The smallest absolute Gasteiger partial charge is 0.273 e. The van der Waals surface area contributed by atoms with Gasteiger partial charge in [0.15, 0.2) is 11.5 Å². The number of hydrogen-bond donors (Lipinski definition) is 1. The highest BCUT2D eigenvalue weighted by atomic mass is 16.6. The zero-order valence-electron chi connectivity index (χ0n) is 11.6. The minimum Gasteiger partial charge on any atom is -0.493 e. The Labute approximate surface area is 120 Å². The van der Waals surface area contributed by atoms with Crippen LogP contribution in [0.2, 0.25) is 0 Å². The second-order valence-electron chi connectivity index (χ2n) is 4.02. The number of nitro benzene ring substituents is 1. The molecule has 0 aliphatic carbocycles. The molecule has 110 valence electrons. The number of nitrogens with one attached hydrogen (secondary N) is 1. The number of rotatable bonds is 6. The van der Waals surface area contributed by atoms with E-state index < -0.39 is 4.92 Å². The van der Waals surface area contributed by atoms with Crippen molar-refractivity contribution in [2.24, 2.45) is 0 Å². The van der Waals surface area contributed by atoms with E-state index in [1.54, 1.807) is 19.4 Å². The number of ether oxygens (including phenoxy) is 2. The molecule has 0 atom stereocenters. The number of anilines is 1. The van der Waals surface area contributed by atoms with Crippen molar-refractivity contribution < 1.29 is 14.4 Å². The molecule has 1 N–H and O–H groups in total. The maximum Gasteiger partial charge on any atom is 0.273 e. The van der Waals surface area contributed by atoms with E-state index in [0.717, 1.165) is 0 Å². The topological polar surface area (TPSA) is 99.4 Å². The van der Waals surface area contributed by atoms with E-state index in [1.807, 2.05) is 0 Å². The number of nitrogens with zero attached hydrogens (tertiary/aromatic N) is 3. The van der Waals surface area contributed by atoms with Gasteiger partial charge in [-0.05, 0) is 6.07 Å². The van der Waals surface area contributed by atoms with E-state index in [9.17, 15) is 10.1 Å². The standard InChI is InChI=1S/C13H14N4O4/c1-14-13-7-15-9(6-16-13)8-21-12-5-10(17(18)19)3-4-11(12)20-2/h3-7H,8H2,1-2H3,(H,14,16). The molecule has 8 nitrogen and oxygen atoms in total. The number of hydrogen-bond acceptors (Lipinski definition) is 7. The first-order valence-corrected chi connectivity index (χ1v) is 6.08. The lowest BCUT2D eigenvalue weighted by atomic mass is 10.3. The Hall–Kier alpha value is -2.90. The lowest BCUT2D eigenvalue weighted by molar-refractivity contribution is -0.385. The van der Waals surface area contributed by atoms with E-state index in [4.69, 9.17) is 9.47 Å². The fraction of sp³-hybridized carbons (Fsp3) is 0.231. The summed E-state index contributed by atoms with van der Waals surface area (Å²) in [5.41, 5.74) is 0.532. The highest BCUT2D eigenvalue weighted by molar-refractivity contribution is 5.48. The average molecular weight is 290 g/mol. The molecular formula is C13H14N4O4. The third-order valence-electron chi connectivity index (χ3n) is 2.70. The van der Waals surface area contributed by atoms with Crippen LogP contribution in [0.4, 0.5) is 11.5 Å². The predicted octanol–water partition coefficient (Wildman–Crippen LogP) is 2.01. The van der Waals surface area contributed by atoms with E-state index in [0.29, 0.717) is 17.3 Å². The zero-order chi connectivity index (χ0) is 15.2. The fourth-order valence-corrected chi connectivity index (χ4v) is 1.60. The van der Waals surface area contributed by atoms with Gasteiger partial charge in [-0.1, -0.05) is 0 Å². The molecule has 21 heavy (non-hydrogen) atoms. The number of non-ortho nitro benzene ring substituents is 1. The summed E-state index contributed by atoms with van der Waals surface area (Å²) in [4.78, 5) is 18.5. The Morgan fingerprint density at radius 1 is 1.29 bits per heavy atom. The van der Waals surface area contributed by atoms with Crippen molar-refractivity contribution in [3.05, 3.63) is 46.4 Å². The summed E-state index contributed by atoms with van der Waals surface area (Å²) < 4.78 is 10.6. The van der Waals surface area contributed by atoms with Crippen LogP contribution in [-0.2, 0) is 6.61 Å². The van der Waals surface area contributed by atoms with Crippen LogP contribution in [0.15, 0.2) is 30.6 Å². The highest BCUT2D eigenvalue weighted by Crippen LogP contribution is 2.31. The van der Waals surface area contributed by atoms with Crippen molar-refractivity contribution in [3.63, 3.8) is 0 Å². The van der Waals surface area contributed by atoms with E-state index >= 15 is 0 Å². The molecule has 0 unspecified atom stereocenters. The summed E-state index contributed by atoms with van der Waals surface area (Å²) in [6, 6.07) is 4.16. The van der Waals surface area contributed by atoms with E-state index in [2.05, 4.69) is 15.3 Å². The first-order valence-electron chi connectivity index (χ1n) is 6.08. The monoisotopic (exact) mass is 290 g/mol. The quantitative estimate of drug-likeness (QED) is 0.641. The minimum absolute atomic E-state index is 0.0672. The molecule has 0 aliphatic rings. The summed E-state index contributed by atoms with van der Waals surface area (Å²) in [5, 5.41) is 13.6. The minimum atomic E-state index is -0.492. The number of aromatic nitrogens is 2. The average Bonchev–Trinajstić information content (AvgIpc) is 2.53. The van der Waals surface area contributed by atoms with Crippen LogP contribution in [0.25, 0.3) is 0 Å². The van der Waals surface area contributed by atoms with Crippen molar-refractivity contribution in [2.75, 3.05) is 19.5 Å². The van der Waals surface area contributed by atoms with Crippen molar-refractivity contribution in [1.29, 1.82) is 0 Å². The van der Waals surface area contributed by atoms with Crippen LogP contribution < -0.4 is 14.8 Å². The Kier molecular flexibility index (Phi) is 4.50. The van der Waals surface area contributed by atoms with Crippen molar-refractivity contribution in [2.45, 2.75) is 6.61 Å². The highest BCUT2D eigenvalue weighted by Gasteiger charge is 2.12. The number of nitro groups is 1. The fourth-order valence-electron chi connectivity index (χ4n) is 1.60. The van der Waals surface area contributed by atoms with Crippen LogP contribution >= 0.6 is 0 Å². The van der Waals surface area contributed by atoms with E-state index in [-0.39, 0.29) is 18.0 Å². The van der Waals surface area contributed by atoms with Crippen molar-refractivity contribution in [3.8, 4) is 11.5 Å². The summed E-state index contributed by atoms with van der Waals surface area (Å²) >= 11 is 0. The summed E-state index contributed by atoms with van der Waals surface area (Å²) in [6.07, 6.45) is 3.14. The van der Waals surface area contributed by atoms with Gasteiger partial charge in [0.05, 0.1) is 36.2 Å². The largest absolute Gasteiger partial charge is 0.493 e. The molecule has 0 aliphatic heterocycles. The van der Waals surface area contributed by atoms with Gasteiger partial charge in [-0.25, -0.2) is 4.98 Å². The Balaban J connectivity index is 2.13. The molecule has 1 heterocycles. The van der Waals surface area contributed by atoms with Gasteiger partial charge in [-0.2, -0.15) is 0 Å². The Morgan fingerprint density at radius 3 is 2.67 bits per heavy atom. The molecule has 0 saturated heterocycles. The second kappa shape index (κ2) is 6.51. The lowest BCUT2D eigenvalue weighted by Gasteiger charge is -2.10. The summed E-state index contributed by atoms with van der Waals surface area (Å²) in [7, 11) is 3.21. The normalized spacial score (nSPS) is 10.0. The molecule has 2 aromatic rings. The van der Waals surface area contributed by atoms with Crippen LogP contribution in [0.3, 0.4) is 0 Å².